The van der Waals surface area contributed by atoms with E-state index in [0.717, 1.165) is 50.3 Å². The van der Waals surface area contributed by atoms with E-state index < -0.39 is 0 Å². The van der Waals surface area contributed by atoms with Crippen LogP contribution in [0.25, 0.3) is 0 Å². The van der Waals surface area contributed by atoms with Crippen LogP contribution in [0.4, 0.5) is 0 Å². The number of piperidine rings is 1. The predicted molar refractivity (Wildman–Crippen MR) is 104 cm³/mol. The lowest BCUT2D eigenvalue weighted by Gasteiger charge is -2.36. The predicted octanol–water partition coefficient (Wildman–Crippen LogP) is 3.49. The quantitative estimate of drug-likeness (QED) is 0.896. The summed E-state index contributed by atoms with van der Waals surface area (Å²) >= 11 is 0. The molecule has 3 saturated heterocycles. The first-order valence-electron chi connectivity index (χ1n) is 9.92. The van der Waals surface area contributed by atoms with Gasteiger partial charge in [0.1, 0.15) is 0 Å². The lowest BCUT2D eigenvalue weighted by molar-refractivity contribution is 0.0585. The summed E-state index contributed by atoms with van der Waals surface area (Å²) in [5, 5.41) is 0. The SMILES string of the molecule is Cc1[nH]ccc1C(=O)N1C[C@H]2CC[C@@H]1CN(CCCc1ccccc1)C2. The Kier molecular flexibility index (Phi) is 5.11. The van der Waals surface area contributed by atoms with Crippen molar-refractivity contribution in [3.63, 3.8) is 0 Å². The second-order valence-electron chi connectivity index (χ2n) is 7.92. The minimum Gasteiger partial charge on any atom is -0.365 e. The number of benzene rings is 1. The molecule has 2 atom stereocenters. The van der Waals surface area contributed by atoms with E-state index >= 15 is 0 Å². The third-order valence-electron chi connectivity index (χ3n) is 6.02. The van der Waals surface area contributed by atoms with Crippen LogP contribution in [0.2, 0.25) is 0 Å². The van der Waals surface area contributed by atoms with Gasteiger partial charge in [-0.15, -0.1) is 0 Å². The van der Waals surface area contributed by atoms with Gasteiger partial charge in [-0.2, -0.15) is 0 Å². The van der Waals surface area contributed by atoms with Gasteiger partial charge in [0, 0.05) is 37.6 Å². The number of carbonyl (C=O) groups is 1. The molecular formula is C22H29N3O. The Balaban J connectivity index is 1.37. The highest BCUT2D eigenvalue weighted by molar-refractivity contribution is 5.95. The van der Waals surface area contributed by atoms with E-state index in [0.29, 0.717) is 12.0 Å². The summed E-state index contributed by atoms with van der Waals surface area (Å²) in [6.07, 6.45) is 6.60. The summed E-state index contributed by atoms with van der Waals surface area (Å²) in [5.41, 5.74) is 3.24. The largest absolute Gasteiger partial charge is 0.365 e. The highest BCUT2D eigenvalue weighted by Crippen LogP contribution is 2.29. The van der Waals surface area contributed by atoms with Crippen molar-refractivity contribution in [3.8, 4) is 0 Å². The number of nitrogens with zero attached hydrogens (tertiary/aromatic N) is 2. The summed E-state index contributed by atoms with van der Waals surface area (Å²) in [7, 11) is 0. The van der Waals surface area contributed by atoms with Crippen molar-refractivity contribution in [3.05, 3.63) is 59.4 Å². The molecule has 4 nitrogen and oxygen atoms in total. The van der Waals surface area contributed by atoms with Crippen molar-refractivity contribution in [2.45, 2.75) is 38.6 Å². The summed E-state index contributed by atoms with van der Waals surface area (Å²) < 4.78 is 0. The standard InChI is InChI=1S/C22H29N3O/c1-17-21(11-12-23-17)22(26)25-15-19-9-10-20(25)16-24(14-19)13-5-8-18-6-3-2-4-7-18/h2-4,6-7,11-12,19-20,23H,5,8-10,13-16H2,1H3/t19-,20+/m0/s1. The number of nitrogens with one attached hydrogen (secondary N) is 1. The molecule has 3 fully saturated rings. The van der Waals surface area contributed by atoms with Gasteiger partial charge in [-0.1, -0.05) is 30.3 Å². The first kappa shape index (κ1) is 17.3. The Morgan fingerprint density at radius 2 is 1.96 bits per heavy atom. The second kappa shape index (κ2) is 7.67. The second-order valence-corrected chi connectivity index (χ2v) is 7.92. The molecule has 4 heteroatoms. The lowest BCUT2D eigenvalue weighted by Crippen LogP contribution is -2.47. The normalized spacial score (nSPS) is 23.2. The monoisotopic (exact) mass is 351 g/mol. The molecular weight excluding hydrogens is 322 g/mol. The van der Waals surface area contributed by atoms with Gasteiger partial charge in [-0.3, -0.25) is 4.79 Å². The highest BCUT2D eigenvalue weighted by Gasteiger charge is 2.37. The molecule has 0 saturated carbocycles. The number of H-pyrrole nitrogens is 1. The molecule has 5 rings (SSSR count). The van der Waals surface area contributed by atoms with Crippen LogP contribution in [0.5, 0.6) is 0 Å². The molecule has 2 bridgehead atoms. The Morgan fingerprint density at radius 1 is 1.12 bits per heavy atom. The minimum absolute atomic E-state index is 0.213. The van der Waals surface area contributed by atoms with Gasteiger partial charge in [-0.05, 0) is 56.7 Å². The van der Waals surface area contributed by atoms with Gasteiger partial charge in [0.05, 0.1) is 5.56 Å². The Labute approximate surface area is 156 Å². The molecule has 26 heavy (non-hydrogen) atoms. The van der Waals surface area contributed by atoms with Gasteiger partial charge in [0.25, 0.3) is 5.91 Å². The molecule has 3 aliphatic heterocycles. The first-order chi connectivity index (χ1) is 12.7. The smallest absolute Gasteiger partial charge is 0.255 e. The molecule has 3 aliphatic rings. The van der Waals surface area contributed by atoms with Crippen LogP contribution in [-0.4, -0.2) is 52.9 Å². The molecule has 0 radical (unpaired) electrons. The van der Waals surface area contributed by atoms with Crippen LogP contribution in [-0.2, 0) is 6.42 Å². The fourth-order valence-corrected chi connectivity index (χ4v) is 4.60. The van der Waals surface area contributed by atoms with Gasteiger partial charge in [0.15, 0.2) is 0 Å². The van der Waals surface area contributed by atoms with Crippen LogP contribution >= 0.6 is 0 Å². The zero-order valence-corrected chi connectivity index (χ0v) is 15.7. The van der Waals surface area contributed by atoms with Gasteiger partial charge in [-0.25, -0.2) is 0 Å². The van der Waals surface area contributed by atoms with Gasteiger partial charge < -0.3 is 14.8 Å². The van der Waals surface area contributed by atoms with Crippen molar-refractivity contribution < 1.29 is 4.79 Å². The van der Waals surface area contributed by atoms with E-state index in [4.69, 9.17) is 0 Å². The number of fused-ring (bicyclic) bond motifs is 4. The van der Waals surface area contributed by atoms with E-state index in [-0.39, 0.29) is 5.91 Å². The summed E-state index contributed by atoms with van der Waals surface area (Å²) in [5.74, 6) is 0.832. The highest BCUT2D eigenvalue weighted by atomic mass is 16.2. The van der Waals surface area contributed by atoms with Crippen LogP contribution in [0.1, 0.15) is 40.9 Å². The topological polar surface area (TPSA) is 39.3 Å². The Hall–Kier alpha value is -2.07. The summed E-state index contributed by atoms with van der Waals surface area (Å²) in [4.78, 5) is 20.9. The fourth-order valence-electron chi connectivity index (χ4n) is 4.60. The molecule has 1 N–H and O–H groups in total. The van der Waals surface area contributed by atoms with Crippen molar-refractivity contribution in [1.29, 1.82) is 0 Å². The average molecular weight is 351 g/mol. The maximum Gasteiger partial charge on any atom is 0.255 e. The van der Waals surface area contributed by atoms with Gasteiger partial charge >= 0.3 is 0 Å². The Bertz CT molecular complexity index is 739. The fraction of sp³-hybridized carbons (Fsp3) is 0.500. The number of carbonyl (C=O) groups excluding carboxylic acids is 1. The molecule has 1 aromatic heterocycles. The van der Waals surface area contributed by atoms with E-state index in [1.807, 2.05) is 19.2 Å². The maximum absolute atomic E-state index is 13.0. The van der Waals surface area contributed by atoms with Crippen molar-refractivity contribution >= 4 is 5.91 Å². The molecule has 0 aliphatic carbocycles. The number of aryl methyl sites for hydroxylation is 2. The first-order valence-corrected chi connectivity index (χ1v) is 9.92. The van der Waals surface area contributed by atoms with E-state index in [1.54, 1.807) is 0 Å². The molecule has 0 unspecified atom stereocenters. The number of hydrogen-bond acceptors (Lipinski definition) is 2. The average Bonchev–Trinajstić information content (AvgIpc) is 2.89. The van der Waals surface area contributed by atoms with E-state index in [9.17, 15) is 4.79 Å². The number of aromatic nitrogens is 1. The van der Waals surface area contributed by atoms with E-state index in [2.05, 4.69) is 45.1 Å². The van der Waals surface area contributed by atoms with Crippen molar-refractivity contribution in [2.75, 3.05) is 26.2 Å². The molecule has 0 spiro atoms. The number of hydrogen-bond donors (Lipinski definition) is 1. The zero-order chi connectivity index (χ0) is 17.9. The number of rotatable bonds is 5. The molecule has 4 heterocycles. The van der Waals surface area contributed by atoms with Crippen LogP contribution < -0.4 is 0 Å². The number of aromatic amines is 1. The summed E-state index contributed by atoms with van der Waals surface area (Å²) in [6.45, 7) is 6.21. The lowest BCUT2D eigenvalue weighted by atomic mass is 9.94. The van der Waals surface area contributed by atoms with Crippen molar-refractivity contribution in [2.24, 2.45) is 5.92 Å². The maximum atomic E-state index is 13.0. The Morgan fingerprint density at radius 3 is 2.73 bits per heavy atom. The third kappa shape index (κ3) is 3.70. The van der Waals surface area contributed by atoms with Crippen molar-refractivity contribution in [1.82, 2.24) is 14.8 Å². The molecule has 1 aromatic carbocycles. The summed E-state index contributed by atoms with van der Waals surface area (Å²) in [6, 6.07) is 13.0. The number of amides is 1. The molecule has 138 valence electrons. The minimum atomic E-state index is 0.213. The van der Waals surface area contributed by atoms with Crippen LogP contribution in [0.3, 0.4) is 0 Å². The molecule has 1 amide bonds. The van der Waals surface area contributed by atoms with E-state index in [1.165, 1.54) is 18.4 Å². The van der Waals surface area contributed by atoms with Crippen LogP contribution in [0.15, 0.2) is 42.6 Å². The van der Waals surface area contributed by atoms with Gasteiger partial charge in [0.2, 0.25) is 0 Å². The molecule has 2 aromatic rings. The third-order valence-corrected chi connectivity index (χ3v) is 6.02. The van der Waals surface area contributed by atoms with Crippen LogP contribution in [0, 0.1) is 12.8 Å². The zero-order valence-electron chi connectivity index (χ0n) is 15.7.